The second-order valence-corrected chi connectivity index (χ2v) is 2.43. The topological polar surface area (TPSA) is 26.0 Å². The fourth-order valence-electron chi connectivity index (χ4n) is 0.398. The van der Waals surface area contributed by atoms with Crippen LogP contribution in [-0.4, -0.2) is 4.99 Å². The minimum atomic E-state index is 0.513. The van der Waals surface area contributed by atoms with Crippen molar-refractivity contribution in [2.24, 2.45) is 11.7 Å². The molecule has 0 bridgehead atoms. The molecule has 1 nitrogen and oxygen atoms in total. The monoisotopic (exact) mass is 130 g/mol. The fraction of sp³-hybridized carbons (Fsp3) is 0.667. The summed E-state index contributed by atoms with van der Waals surface area (Å²) in [6.07, 6.45) is 3.01. The Labute approximate surface area is 56.3 Å². The third-order valence-corrected chi connectivity index (χ3v) is 1.23. The van der Waals surface area contributed by atoms with E-state index in [0.717, 1.165) is 6.42 Å². The maximum atomic E-state index is 5.24. The van der Waals surface area contributed by atoms with Crippen molar-refractivity contribution in [1.29, 1.82) is 0 Å². The van der Waals surface area contributed by atoms with Crippen molar-refractivity contribution in [3.63, 3.8) is 0 Å². The zero-order valence-corrected chi connectivity index (χ0v) is 6.16. The first-order valence-corrected chi connectivity index (χ1v) is 3.22. The third kappa shape index (κ3) is 4.06. The number of rotatable bonds is 3. The molecule has 0 fully saturated rings. The molecule has 2 heteroatoms. The predicted molar refractivity (Wildman–Crippen MR) is 40.5 cm³/mol. The van der Waals surface area contributed by atoms with Gasteiger partial charge >= 0.3 is 0 Å². The first kappa shape index (κ1) is 7.89. The van der Waals surface area contributed by atoms with Crippen LogP contribution in [-0.2, 0) is 0 Å². The minimum Gasteiger partial charge on any atom is -0.393 e. The van der Waals surface area contributed by atoms with Crippen molar-refractivity contribution < 1.29 is 0 Å². The normalized spacial score (nSPS) is 13.2. The molecule has 8 heavy (non-hydrogen) atoms. The summed E-state index contributed by atoms with van der Waals surface area (Å²) < 4.78 is 0. The largest absolute Gasteiger partial charge is 0.393 e. The molecule has 0 aromatic heterocycles. The van der Waals surface area contributed by atoms with Crippen molar-refractivity contribution in [3.05, 3.63) is 6.42 Å². The summed E-state index contributed by atoms with van der Waals surface area (Å²) in [6.45, 7) is 4.21. The number of thiocarbonyl (C=S) groups is 1. The maximum absolute atomic E-state index is 5.24. The van der Waals surface area contributed by atoms with Crippen LogP contribution in [0, 0.1) is 12.3 Å². The average molecular weight is 130 g/mol. The Morgan fingerprint density at radius 1 is 1.88 bits per heavy atom. The zero-order valence-electron chi connectivity index (χ0n) is 5.35. The Balaban J connectivity index is 3.24. The van der Waals surface area contributed by atoms with Gasteiger partial charge in [-0.2, -0.15) is 0 Å². The molecule has 0 rings (SSSR count). The summed E-state index contributed by atoms with van der Waals surface area (Å²) in [7, 11) is 0. The maximum Gasteiger partial charge on any atom is 0.0768 e. The molecule has 1 radical (unpaired) electrons. The van der Waals surface area contributed by atoms with Crippen molar-refractivity contribution in [2.75, 3.05) is 0 Å². The van der Waals surface area contributed by atoms with E-state index in [2.05, 4.69) is 26.1 Å². The molecule has 2 N–H and O–H groups in total. The van der Waals surface area contributed by atoms with Gasteiger partial charge in [0.05, 0.1) is 4.99 Å². The molecule has 1 atom stereocenters. The van der Waals surface area contributed by atoms with Gasteiger partial charge in [-0.3, -0.25) is 0 Å². The van der Waals surface area contributed by atoms with Crippen LogP contribution in [0.25, 0.3) is 0 Å². The van der Waals surface area contributed by atoms with Gasteiger partial charge in [0.1, 0.15) is 0 Å². The number of nitrogens with two attached hydrogens (primary N) is 1. The minimum absolute atomic E-state index is 0.513. The molecule has 0 saturated heterocycles. The Morgan fingerprint density at radius 3 is 2.50 bits per heavy atom. The highest BCUT2D eigenvalue weighted by Gasteiger charge is 1.98. The lowest BCUT2D eigenvalue weighted by molar-refractivity contribution is 0.673. The molecule has 0 saturated carbocycles. The third-order valence-electron chi connectivity index (χ3n) is 1.09. The first-order chi connectivity index (χ1) is 3.66. The molecule has 0 aromatic carbocycles. The molecule has 0 aliphatic rings. The Hall–Kier alpha value is -0.110. The van der Waals surface area contributed by atoms with Gasteiger partial charge in [0, 0.05) is 6.42 Å². The van der Waals surface area contributed by atoms with Gasteiger partial charge in [0.15, 0.2) is 0 Å². The lowest BCUT2D eigenvalue weighted by Crippen LogP contribution is -2.12. The van der Waals surface area contributed by atoms with E-state index in [1.54, 1.807) is 0 Å². The summed E-state index contributed by atoms with van der Waals surface area (Å²) in [5.41, 5.74) is 5.24. The van der Waals surface area contributed by atoms with E-state index in [9.17, 15) is 0 Å². The van der Waals surface area contributed by atoms with E-state index >= 15 is 0 Å². The molecule has 0 aliphatic heterocycles. The van der Waals surface area contributed by atoms with Gasteiger partial charge < -0.3 is 5.73 Å². The number of hydrogen-bond donors (Lipinski definition) is 1. The second kappa shape index (κ2) is 3.84. The average Bonchev–Trinajstić information content (AvgIpc) is 1.65. The molecular formula is C6H12NS. The van der Waals surface area contributed by atoms with Crippen LogP contribution in [0.1, 0.15) is 20.3 Å². The summed E-state index contributed by atoms with van der Waals surface area (Å²) in [4.78, 5) is 0.513. The van der Waals surface area contributed by atoms with E-state index in [-0.39, 0.29) is 0 Å². The zero-order chi connectivity index (χ0) is 6.57. The Morgan fingerprint density at radius 2 is 2.38 bits per heavy atom. The van der Waals surface area contributed by atoms with E-state index < -0.39 is 0 Å². The van der Waals surface area contributed by atoms with Crippen molar-refractivity contribution in [3.8, 4) is 0 Å². The summed E-state index contributed by atoms with van der Waals surface area (Å²) in [6, 6.07) is 0. The molecule has 0 aromatic rings. The van der Waals surface area contributed by atoms with Crippen LogP contribution >= 0.6 is 12.2 Å². The van der Waals surface area contributed by atoms with Crippen LogP contribution in [0.4, 0.5) is 0 Å². The van der Waals surface area contributed by atoms with Gasteiger partial charge in [-0.1, -0.05) is 32.5 Å². The smallest absolute Gasteiger partial charge is 0.0768 e. The van der Waals surface area contributed by atoms with Crippen molar-refractivity contribution in [1.82, 2.24) is 0 Å². The van der Waals surface area contributed by atoms with Crippen molar-refractivity contribution in [2.45, 2.75) is 20.3 Å². The van der Waals surface area contributed by atoms with Crippen LogP contribution in [0.5, 0.6) is 0 Å². The van der Waals surface area contributed by atoms with E-state index in [1.165, 1.54) is 0 Å². The highest BCUT2D eigenvalue weighted by molar-refractivity contribution is 7.80. The first-order valence-electron chi connectivity index (χ1n) is 2.81. The van der Waals surface area contributed by atoms with Crippen LogP contribution in [0.15, 0.2) is 0 Å². The lowest BCUT2D eigenvalue weighted by Gasteiger charge is -2.03. The highest BCUT2D eigenvalue weighted by Crippen LogP contribution is 2.03. The molecule has 0 amide bonds. The fourth-order valence-corrected chi connectivity index (χ4v) is 0.631. The molecule has 47 valence electrons. The predicted octanol–water partition coefficient (Wildman–Crippen LogP) is 1.52. The summed E-state index contributed by atoms with van der Waals surface area (Å²) in [5.74, 6) is 0.535. The van der Waals surface area contributed by atoms with Gasteiger partial charge in [-0.05, 0) is 5.92 Å². The quantitative estimate of drug-likeness (QED) is 0.586. The molecule has 0 heterocycles. The standard InChI is InChI=1S/C6H12NS/c1-3-5(2)4-6(7)8/h4-5H,3H2,1-2H3,(H2,7,8)/t5-/m1/s1. The molecular weight excluding hydrogens is 118 g/mol. The van der Waals surface area contributed by atoms with Crippen LogP contribution in [0.3, 0.4) is 0 Å². The highest BCUT2D eigenvalue weighted by atomic mass is 32.1. The molecule has 0 aliphatic carbocycles. The second-order valence-electron chi connectivity index (χ2n) is 1.95. The van der Waals surface area contributed by atoms with Crippen molar-refractivity contribution >= 4 is 17.2 Å². The number of hydrogen-bond acceptors (Lipinski definition) is 1. The van der Waals surface area contributed by atoms with Gasteiger partial charge in [0.25, 0.3) is 0 Å². The SMILES string of the molecule is CC[C@@H](C)[CH]C(N)=S. The van der Waals surface area contributed by atoms with Crippen LogP contribution in [0.2, 0.25) is 0 Å². The Kier molecular flexibility index (Phi) is 3.79. The van der Waals surface area contributed by atoms with E-state index in [0.29, 0.717) is 10.9 Å². The summed E-state index contributed by atoms with van der Waals surface area (Å²) >= 11 is 4.66. The van der Waals surface area contributed by atoms with Gasteiger partial charge in [-0.15, -0.1) is 0 Å². The molecule has 0 unspecified atom stereocenters. The Bertz CT molecular complexity index is 80.6. The summed E-state index contributed by atoms with van der Waals surface area (Å²) in [5, 5.41) is 0. The van der Waals surface area contributed by atoms with E-state index in [1.807, 2.05) is 6.42 Å². The van der Waals surface area contributed by atoms with Crippen LogP contribution < -0.4 is 5.73 Å². The van der Waals surface area contributed by atoms with E-state index in [4.69, 9.17) is 5.73 Å². The van der Waals surface area contributed by atoms with Gasteiger partial charge in [-0.25, -0.2) is 0 Å². The lowest BCUT2D eigenvalue weighted by atomic mass is 10.1. The van der Waals surface area contributed by atoms with Gasteiger partial charge in [0.2, 0.25) is 0 Å². The molecule has 0 spiro atoms.